The Labute approximate surface area is 188 Å². The highest BCUT2D eigenvalue weighted by molar-refractivity contribution is 6.07. The van der Waals surface area contributed by atoms with E-state index in [0.717, 1.165) is 28.3 Å². The van der Waals surface area contributed by atoms with E-state index in [1.807, 2.05) is 75.4 Å². The Morgan fingerprint density at radius 2 is 1.59 bits per heavy atom. The first-order valence-corrected chi connectivity index (χ1v) is 10.3. The SMILES string of the molecule is COc1ccc(CCN=C(NC(=O)Nc2ccc(C)cc2)Nc2nc(C)cc(C)n2)cc1. The Hall–Kier alpha value is -3.94. The number of aromatic nitrogens is 2. The third-order valence-electron chi connectivity index (χ3n) is 4.58. The lowest BCUT2D eigenvalue weighted by Crippen LogP contribution is -2.39. The van der Waals surface area contributed by atoms with Crippen LogP contribution in [0.15, 0.2) is 59.6 Å². The van der Waals surface area contributed by atoms with Crippen molar-refractivity contribution < 1.29 is 9.53 Å². The number of nitrogens with zero attached hydrogens (tertiary/aromatic N) is 3. The van der Waals surface area contributed by atoms with Crippen molar-refractivity contribution in [2.75, 3.05) is 24.3 Å². The lowest BCUT2D eigenvalue weighted by Gasteiger charge is -2.12. The van der Waals surface area contributed by atoms with Gasteiger partial charge in [-0.25, -0.2) is 14.8 Å². The van der Waals surface area contributed by atoms with Gasteiger partial charge in [0, 0.05) is 23.6 Å². The van der Waals surface area contributed by atoms with Crippen molar-refractivity contribution in [1.29, 1.82) is 0 Å². The van der Waals surface area contributed by atoms with Crippen LogP contribution >= 0.6 is 0 Å². The van der Waals surface area contributed by atoms with Gasteiger partial charge in [0.1, 0.15) is 5.75 Å². The number of anilines is 2. The third kappa shape index (κ3) is 7.09. The summed E-state index contributed by atoms with van der Waals surface area (Å²) in [5.41, 5.74) is 4.56. The molecule has 3 rings (SSSR count). The number of methoxy groups -OCH3 is 1. The van der Waals surface area contributed by atoms with Crippen LogP contribution in [0, 0.1) is 20.8 Å². The fourth-order valence-corrected chi connectivity index (χ4v) is 2.99. The van der Waals surface area contributed by atoms with Gasteiger partial charge in [-0.1, -0.05) is 29.8 Å². The largest absolute Gasteiger partial charge is 0.497 e. The van der Waals surface area contributed by atoms with Crippen molar-refractivity contribution in [1.82, 2.24) is 15.3 Å². The van der Waals surface area contributed by atoms with Crippen LogP contribution < -0.4 is 20.7 Å². The van der Waals surface area contributed by atoms with Crippen LogP contribution in [0.5, 0.6) is 5.75 Å². The predicted octanol–water partition coefficient (Wildman–Crippen LogP) is 4.24. The fourth-order valence-electron chi connectivity index (χ4n) is 2.99. The van der Waals surface area contributed by atoms with Gasteiger partial charge in [-0.15, -0.1) is 0 Å². The number of rotatable bonds is 6. The maximum absolute atomic E-state index is 12.5. The number of aryl methyl sites for hydroxylation is 3. The van der Waals surface area contributed by atoms with Gasteiger partial charge in [-0.3, -0.25) is 15.6 Å². The number of carbonyl (C=O) groups excluding carboxylic acids is 1. The van der Waals surface area contributed by atoms with Crippen LogP contribution in [0.1, 0.15) is 22.5 Å². The Morgan fingerprint density at radius 1 is 0.938 bits per heavy atom. The van der Waals surface area contributed by atoms with Gasteiger partial charge >= 0.3 is 6.03 Å². The summed E-state index contributed by atoms with van der Waals surface area (Å²) in [4.78, 5) is 25.8. The van der Waals surface area contributed by atoms with E-state index in [4.69, 9.17) is 4.74 Å². The van der Waals surface area contributed by atoms with Crippen LogP contribution in [0.3, 0.4) is 0 Å². The van der Waals surface area contributed by atoms with Gasteiger partial charge in [-0.05, 0) is 63.1 Å². The number of urea groups is 1. The van der Waals surface area contributed by atoms with Gasteiger partial charge in [0.2, 0.25) is 11.9 Å². The number of nitrogens with one attached hydrogen (secondary N) is 3. The molecule has 3 aromatic rings. The van der Waals surface area contributed by atoms with Crippen molar-refractivity contribution in [3.8, 4) is 5.75 Å². The topological polar surface area (TPSA) is 101 Å². The lowest BCUT2D eigenvalue weighted by atomic mass is 10.1. The molecule has 3 N–H and O–H groups in total. The van der Waals surface area contributed by atoms with Crippen LogP contribution in [-0.2, 0) is 6.42 Å². The van der Waals surface area contributed by atoms with Gasteiger partial charge in [0.15, 0.2) is 0 Å². The molecular formula is C24H28N6O2. The molecule has 0 fully saturated rings. The molecule has 0 atom stereocenters. The number of carbonyl (C=O) groups is 1. The molecule has 2 aromatic carbocycles. The first kappa shape index (κ1) is 22.7. The van der Waals surface area contributed by atoms with Crippen molar-refractivity contribution in [2.45, 2.75) is 27.2 Å². The van der Waals surface area contributed by atoms with E-state index < -0.39 is 6.03 Å². The number of hydrogen-bond acceptors (Lipinski definition) is 5. The second-order valence-corrected chi connectivity index (χ2v) is 7.37. The molecule has 0 aliphatic heterocycles. The molecule has 0 unspecified atom stereocenters. The standard InChI is InChI=1S/C24H28N6O2/c1-16-5-9-20(10-6-16)28-24(31)30-22(29-23-26-17(2)15-18(3)27-23)25-14-13-19-7-11-21(32-4)12-8-19/h5-12,15H,13-14H2,1-4H3,(H3,25,26,27,28,29,30,31). The molecular weight excluding hydrogens is 404 g/mol. The van der Waals surface area contributed by atoms with Crippen LogP contribution in [-0.4, -0.2) is 35.6 Å². The molecule has 0 saturated heterocycles. The average Bonchev–Trinajstić information content (AvgIpc) is 2.75. The maximum Gasteiger partial charge on any atom is 0.326 e. The molecule has 166 valence electrons. The number of ether oxygens (including phenoxy) is 1. The Balaban J connectivity index is 1.70. The highest BCUT2D eigenvalue weighted by Gasteiger charge is 2.09. The zero-order valence-corrected chi connectivity index (χ0v) is 18.8. The number of benzene rings is 2. The first-order valence-electron chi connectivity index (χ1n) is 10.3. The minimum atomic E-state index is -0.408. The maximum atomic E-state index is 12.5. The molecule has 2 amide bonds. The zero-order valence-electron chi connectivity index (χ0n) is 18.8. The van der Waals surface area contributed by atoms with Gasteiger partial charge in [-0.2, -0.15) is 0 Å². The van der Waals surface area contributed by atoms with Gasteiger partial charge in [0.25, 0.3) is 0 Å². The molecule has 0 bridgehead atoms. The minimum absolute atomic E-state index is 0.271. The van der Waals surface area contributed by atoms with E-state index in [1.165, 1.54) is 0 Å². The van der Waals surface area contributed by atoms with Crippen LogP contribution in [0.25, 0.3) is 0 Å². The quantitative estimate of drug-likeness (QED) is 0.399. The van der Waals surface area contributed by atoms with Gasteiger partial charge < -0.3 is 10.1 Å². The monoisotopic (exact) mass is 432 g/mol. The van der Waals surface area contributed by atoms with E-state index in [-0.39, 0.29) is 5.96 Å². The number of hydrogen-bond donors (Lipinski definition) is 3. The van der Waals surface area contributed by atoms with E-state index in [9.17, 15) is 4.79 Å². The summed E-state index contributed by atoms with van der Waals surface area (Å²) in [5, 5.41) is 8.59. The van der Waals surface area contributed by atoms with E-state index in [2.05, 4.69) is 30.9 Å². The van der Waals surface area contributed by atoms with E-state index in [0.29, 0.717) is 24.6 Å². The van der Waals surface area contributed by atoms with Crippen molar-refractivity contribution >= 4 is 23.6 Å². The number of aliphatic imine (C=N–C) groups is 1. The molecule has 32 heavy (non-hydrogen) atoms. The molecule has 1 heterocycles. The molecule has 0 aliphatic rings. The summed E-state index contributed by atoms with van der Waals surface area (Å²) in [6, 6.07) is 16.8. The van der Waals surface area contributed by atoms with Gasteiger partial charge in [0.05, 0.1) is 7.11 Å². The number of guanidine groups is 1. The zero-order chi connectivity index (χ0) is 22.9. The Kier molecular flexibility index (Phi) is 7.75. The number of amides is 2. The lowest BCUT2D eigenvalue weighted by molar-refractivity contribution is 0.256. The summed E-state index contributed by atoms with van der Waals surface area (Å²) in [5.74, 6) is 1.45. The highest BCUT2D eigenvalue weighted by Crippen LogP contribution is 2.12. The van der Waals surface area contributed by atoms with Crippen LogP contribution in [0.4, 0.5) is 16.4 Å². The summed E-state index contributed by atoms with van der Waals surface area (Å²) < 4.78 is 5.19. The van der Waals surface area contributed by atoms with Crippen LogP contribution in [0.2, 0.25) is 0 Å². The third-order valence-corrected chi connectivity index (χ3v) is 4.58. The van der Waals surface area contributed by atoms with E-state index >= 15 is 0 Å². The van der Waals surface area contributed by atoms with Crippen molar-refractivity contribution in [2.24, 2.45) is 4.99 Å². The molecule has 1 aromatic heterocycles. The molecule has 0 saturated carbocycles. The minimum Gasteiger partial charge on any atom is -0.497 e. The Bertz CT molecular complexity index is 1060. The van der Waals surface area contributed by atoms with Crippen molar-refractivity contribution in [3.63, 3.8) is 0 Å². The second kappa shape index (κ2) is 10.9. The average molecular weight is 433 g/mol. The molecule has 8 heteroatoms. The first-order chi connectivity index (χ1) is 15.4. The molecule has 0 radical (unpaired) electrons. The summed E-state index contributed by atoms with van der Waals surface area (Å²) in [7, 11) is 1.64. The van der Waals surface area contributed by atoms with E-state index in [1.54, 1.807) is 7.11 Å². The van der Waals surface area contributed by atoms with Crippen molar-refractivity contribution in [3.05, 3.63) is 77.1 Å². The summed E-state index contributed by atoms with van der Waals surface area (Å²) in [6.07, 6.45) is 0.699. The fraction of sp³-hybridized carbons (Fsp3) is 0.250. The molecule has 8 nitrogen and oxygen atoms in total. The summed E-state index contributed by atoms with van der Waals surface area (Å²) >= 11 is 0. The Morgan fingerprint density at radius 3 is 2.22 bits per heavy atom. The molecule has 0 spiro atoms. The molecule has 0 aliphatic carbocycles. The second-order valence-electron chi connectivity index (χ2n) is 7.37. The normalized spacial score (nSPS) is 11.1. The highest BCUT2D eigenvalue weighted by atomic mass is 16.5. The smallest absolute Gasteiger partial charge is 0.326 e. The summed E-state index contributed by atoms with van der Waals surface area (Å²) in [6.45, 7) is 6.23. The predicted molar refractivity (Wildman–Crippen MR) is 127 cm³/mol.